The predicted octanol–water partition coefficient (Wildman–Crippen LogP) is 2.80. The summed E-state index contributed by atoms with van der Waals surface area (Å²) in [5.41, 5.74) is -5.09. The molecule has 33 heavy (non-hydrogen) atoms. The van der Waals surface area contributed by atoms with Gasteiger partial charge in [-0.15, -0.1) is 0 Å². The Balaban J connectivity index is 1.64. The number of aliphatic hydroxyl groups is 2. The van der Waals surface area contributed by atoms with Crippen LogP contribution in [0.25, 0.3) is 0 Å². The highest BCUT2D eigenvalue weighted by Crippen LogP contribution is 2.74. The third kappa shape index (κ3) is 2.57. The van der Waals surface area contributed by atoms with Crippen LogP contribution >= 0.6 is 0 Å². The molecule has 0 spiro atoms. The Hall–Kier alpha value is -1.44. The van der Waals surface area contributed by atoms with E-state index in [4.69, 9.17) is 0 Å². The van der Waals surface area contributed by atoms with Gasteiger partial charge in [0.2, 0.25) is 0 Å². The maximum absolute atomic E-state index is 17.3. The SMILES string of the molecule is CC(C)N1C[C@@H]2C[C@H]3[C@@H]4C[C@H](F)C5=CC(=O)C=C[C@]5(C)[C@@]4(F)[C@@H](O)C[C@]3(C)[C@]2(C(=O)CO)C1. The number of likely N-dealkylation sites (tertiary alicyclic amines) is 1. The van der Waals surface area contributed by atoms with Crippen molar-refractivity contribution in [2.75, 3.05) is 19.7 Å². The van der Waals surface area contributed by atoms with Crippen LogP contribution in [-0.2, 0) is 9.59 Å². The molecule has 1 saturated heterocycles. The number of nitrogens with zero attached hydrogens (tertiary/aromatic N) is 1. The number of fused-ring (bicyclic) bond motifs is 7. The van der Waals surface area contributed by atoms with Crippen molar-refractivity contribution < 1.29 is 28.6 Å². The van der Waals surface area contributed by atoms with Crippen molar-refractivity contribution in [1.29, 1.82) is 0 Å². The standard InChI is InChI=1S/C26H35F2NO4/c1-14(2)29-11-15-7-17-18-9-20(27)19-8-16(31)5-6-23(19,3)26(18,28)21(32)10-24(17,4)25(15,13-29)22(33)12-30/h5-6,8,14-15,17-18,20-21,30,32H,7,9-13H2,1-4H3/t15-,17-,18-,20-,21-,23-,24-,25+,26-/m0/s1. The number of carbonyl (C=O) groups is 2. The summed E-state index contributed by atoms with van der Waals surface area (Å²) in [5, 5.41) is 21.4. The van der Waals surface area contributed by atoms with Crippen molar-refractivity contribution in [3.8, 4) is 0 Å². The fourth-order valence-electron chi connectivity index (χ4n) is 8.85. The third-order valence-corrected chi connectivity index (χ3v) is 10.6. The Morgan fingerprint density at radius 3 is 2.61 bits per heavy atom. The second-order valence-electron chi connectivity index (χ2n) is 11.9. The first-order valence-electron chi connectivity index (χ1n) is 12.2. The lowest BCUT2D eigenvalue weighted by Crippen LogP contribution is -2.69. The number of carbonyl (C=O) groups excluding carboxylic acids is 2. The van der Waals surface area contributed by atoms with Crippen LogP contribution in [0.1, 0.15) is 47.0 Å². The van der Waals surface area contributed by atoms with E-state index in [9.17, 15) is 19.8 Å². The normalized spacial score (nSPS) is 51.1. The molecule has 4 aliphatic carbocycles. The first-order chi connectivity index (χ1) is 15.4. The molecule has 5 aliphatic rings. The number of hydrogen-bond donors (Lipinski definition) is 2. The molecule has 5 nitrogen and oxygen atoms in total. The molecule has 0 aromatic carbocycles. The lowest BCUT2D eigenvalue weighted by molar-refractivity contribution is -0.212. The molecule has 4 fully saturated rings. The Bertz CT molecular complexity index is 964. The molecule has 1 heterocycles. The van der Waals surface area contributed by atoms with E-state index in [1.54, 1.807) is 6.92 Å². The summed E-state index contributed by atoms with van der Waals surface area (Å²) in [6.07, 6.45) is 1.55. The molecular formula is C26H35F2NO4. The third-order valence-electron chi connectivity index (χ3n) is 10.6. The van der Waals surface area contributed by atoms with Gasteiger partial charge >= 0.3 is 0 Å². The molecule has 0 radical (unpaired) electrons. The van der Waals surface area contributed by atoms with Gasteiger partial charge in [0.15, 0.2) is 17.2 Å². The van der Waals surface area contributed by atoms with Crippen LogP contribution in [0.2, 0.25) is 0 Å². The second kappa shape index (κ2) is 7.05. The highest BCUT2D eigenvalue weighted by atomic mass is 19.1. The lowest BCUT2D eigenvalue weighted by atomic mass is 9.43. The van der Waals surface area contributed by atoms with Crippen LogP contribution in [0, 0.1) is 34.0 Å². The Labute approximate surface area is 193 Å². The first-order valence-corrected chi connectivity index (χ1v) is 12.2. The van der Waals surface area contributed by atoms with E-state index in [0.717, 1.165) is 0 Å². The van der Waals surface area contributed by atoms with Gasteiger partial charge in [-0.1, -0.05) is 13.0 Å². The molecule has 0 bridgehead atoms. The van der Waals surface area contributed by atoms with Gasteiger partial charge < -0.3 is 10.2 Å². The van der Waals surface area contributed by atoms with E-state index in [1.807, 2.05) is 6.92 Å². The second-order valence-corrected chi connectivity index (χ2v) is 11.9. The smallest absolute Gasteiger partial charge is 0.178 e. The quantitative estimate of drug-likeness (QED) is 0.673. The summed E-state index contributed by atoms with van der Waals surface area (Å²) in [4.78, 5) is 27.6. The number of aliphatic hydroxyl groups excluding tert-OH is 2. The molecule has 2 N–H and O–H groups in total. The Kier molecular flexibility index (Phi) is 4.98. The summed E-state index contributed by atoms with van der Waals surface area (Å²) < 4.78 is 32.8. The molecule has 182 valence electrons. The number of hydrogen-bond acceptors (Lipinski definition) is 5. The van der Waals surface area contributed by atoms with Gasteiger partial charge in [0.25, 0.3) is 0 Å². The fourth-order valence-corrected chi connectivity index (χ4v) is 8.85. The molecule has 1 aliphatic heterocycles. The number of Topliss-reactive ketones (excluding diaryl/α,β-unsaturated/α-hetero) is 1. The lowest BCUT2D eigenvalue weighted by Gasteiger charge is -2.63. The summed E-state index contributed by atoms with van der Waals surface area (Å²) in [6, 6.07) is 0.219. The van der Waals surface area contributed by atoms with Crippen LogP contribution in [0.5, 0.6) is 0 Å². The highest BCUT2D eigenvalue weighted by molar-refractivity contribution is 6.01. The zero-order valence-electron chi connectivity index (χ0n) is 19.9. The van der Waals surface area contributed by atoms with Crippen molar-refractivity contribution in [2.24, 2.45) is 34.0 Å². The van der Waals surface area contributed by atoms with Crippen LogP contribution < -0.4 is 0 Å². The molecule has 7 heteroatoms. The van der Waals surface area contributed by atoms with E-state index < -0.39 is 46.7 Å². The number of alkyl halides is 2. The van der Waals surface area contributed by atoms with Gasteiger partial charge in [-0.25, -0.2) is 8.78 Å². The zero-order chi connectivity index (χ0) is 24.1. The summed E-state index contributed by atoms with van der Waals surface area (Å²) in [7, 11) is 0. The number of rotatable bonds is 3. The Morgan fingerprint density at radius 2 is 1.97 bits per heavy atom. The average molecular weight is 464 g/mol. The molecule has 9 atom stereocenters. The molecule has 0 amide bonds. The maximum Gasteiger partial charge on any atom is 0.178 e. The topological polar surface area (TPSA) is 77.8 Å². The number of ketones is 2. The van der Waals surface area contributed by atoms with Crippen LogP contribution in [0.4, 0.5) is 8.78 Å². The molecule has 0 aromatic heterocycles. The van der Waals surface area contributed by atoms with Crippen LogP contribution in [0.3, 0.4) is 0 Å². The van der Waals surface area contributed by atoms with Crippen molar-refractivity contribution >= 4 is 11.6 Å². The van der Waals surface area contributed by atoms with E-state index in [-0.39, 0.29) is 47.9 Å². The average Bonchev–Trinajstić information content (AvgIpc) is 3.25. The highest BCUT2D eigenvalue weighted by Gasteiger charge is 2.78. The van der Waals surface area contributed by atoms with Crippen molar-refractivity contribution in [3.63, 3.8) is 0 Å². The molecular weight excluding hydrogens is 428 g/mol. The van der Waals surface area contributed by atoms with E-state index in [1.165, 1.54) is 18.2 Å². The van der Waals surface area contributed by atoms with Crippen molar-refractivity contribution in [3.05, 3.63) is 23.8 Å². The van der Waals surface area contributed by atoms with E-state index >= 15 is 8.78 Å². The summed E-state index contributed by atoms with van der Waals surface area (Å²) in [6.45, 7) is 8.24. The fraction of sp³-hybridized carbons (Fsp3) is 0.769. The predicted molar refractivity (Wildman–Crippen MR) is 119 cm³/mol. The van der Waals surface area contributed by atoms with Crippen molar-refractivity contribution in [2.45, 2.75) is 70.9 Å². The molecule has 0 unspecified atom stereocenters. The molecule has 0 aromatic rings. The van der Waals surface area contributed by atoms with E-state index in [0.29, 0.717) is 19.5 Å². The molecule has 3 saturated carbocycles. The maximum atomic E-state index is 17.3. The Morgan fingerprint density at radius 1 is 1.27 bits per heavy atom. The number of allylic oxidation sites excluding steroid dienone is 4. The minimum Gasteiger partial charge on any atom is -0.390 e. The van der Waals surface area contributed by atoms with Crippen molar-refractivity contribution in [1.82, 2.24) is 4.90 Å². The van der Waals surface area contributed by atoms with Gasteiger partial charge in [-0.05, 0) is 75.0 Å². The largest absolute Gasteiger partial charge is 0.390 e. The summed E-state index contributed by atoms with van der Waals surface area (Å²) >= 11 is 0. The monoisotopic (exact) mass is 463 g/mol. The number of halogens is 2. The zero-order valence-corrected chi connectivity index (χ0v) is 19.9. The van der Waals surface area contributed by atoms with Gasteiger partial charge in [-0.2, -0.15) is 0 Å². The van der Waals surface area contributed by atoms with Gasteiger partial charge in [0, 0.05) is 30.5 Å². The van der Waals surface area contributed by atoms with Crippen LogP contribution in [-0.4, -0.2) is 70.4 Å². The first kappa shape index (κ1) is 23.3. The van der Waals surface area contributed by atoms with Crippen LogP contribution in [0.15, 0.2) is 23.8 Å². The van der Waals surface area contributed by atoms with Gasteiger partial charge in [0.05, 0.1) is 11.5 Å². The minimum atomic E-state index is -2.14. The minimum absolute atomic E-state index is 0.0699. The molecule has 5 rings (SSSR count). The van der Waals surface area contributed by atoms with Gasteiger partial charge in [0.1, 0.15) is 12.8 Å². The summed E-state index contributed by atoms with van der Waals surface area (Å²) in [5.74, 6) is -1.78. The van der Waals surface area contributed by atoms with Gasteiger partial charge in [-0.3, -0.25) is 14.5 Å². The van der Waals surface area contributed by atoms with E-state index in [2.05, 4.69) is 18.7 Å².